The molecule has 0 radical (unpaired) electrons. The van der Waals surface area contributed by atoms with Crippen molar-refractivity contribution >= 4 is 0 Å². The molecule has 1 N–H and O–H groups in total. The van der Waals surface area contributed by atoms with Gasteiger partial charge in [-0.05, 0) is 60.5 Å². The summed E-state index contributed by atoms with van der Waals surface area (Å²) in [6.07, 6.45) is 7.02. The van der Waals surface area contributed by atoms with Crippen molar-refractivity contribution in [3.63, 3.8) is 0 Å². The van der Waals surface area contributed by atoms with Crippen LogP contribution in [0.25, 0.3) is 0 Å². The molecule has 1 saturated carbocycles. The van der Waals surface area contributed by atoms with Crippen LogP contribution >= 0.6 is 0 Å². The van der Waals surface area contributed by atoms with Gasteiger partial charge in [0.05, 0.1) is 18.8 Å². The summed E-state index contributed by atoms with van der Waals surface area (Å²) in [6.45, 7) is 9.57. The van der Waals surface area contributed by atoms with Crippen molar-refractivity contribution < 1.29 is 9.84 Å². The number of benzene rings is 1. The van der Waals surface area contributed by atoms with E-state index in [0.717, 1.165) is 25.9 Å². The van der Waals surface area contributed by atoms with Crippen molar-refractivity contribution in [3.8, 4) is 0 Å². The van der Waals surface area contributed by atoms with Gasteiger partial charge in [-0.25, -0.2) is 0 Å². The van der Waals surface area contributed by atoms with Crippen LogP contribution in [0.5, 0.6) is 0 Å². The minimum absolute atomic E-state index is 0.156. The van der Waals surface area contributed by atoms with Crippen molar-refractivity contribution in [2.75, 3.05) is 19.7 Å². The maximum Gasteiger partial charge on any atom is 0.0900 e. The Morgan fingerprint density at radius 3 is 2.88 bits per heavy atom. The Hall–Kier alpha value is -0.900. The molecule has 2 fully saturated rings. The van der Waals surface area contributed by atoms with Gasteiger partial charge in [0.1, 0.15) is 0 Å². The van der Waals surface area contributed by atoms with Crippen LogP contribution in [-0.2, 0) is 11.2 Å². The Kier molecular flexibility index (Phi) is 4.92. The van der Waals surface area contributed by atoms with E-state index in [0.29, 0.717) is 23.5 Å². The standard InChI is InChI=1S/C23H35NO2/c1-22(2)11-18-12-23(3,15-22)16-24(18)13-19(25)14-26-21-10-6-8-17-7-4-5-9-20(17)21/h4-5,7,9,18-19,21,25H,6,8,10-16H2,1-3H3/t18-,19-,21-,23+/m0/s1. The van der Waals surface area contributed by atoms with Crippen LogP contribution in [0, 0.1) is 10.8 Å². The lowest BCUT2D eigenvalue weighted by Crippen LogP contribution is -2.39. The Morgan fingerprint density at radius 2 is 2.04 bits per heavy atom. The predicted octanol–water partition coefficient (Wildman–Crippen LogP) is 4.34. The molecule has 0 unspecified atom stereocenters. The number of aliphatic hydroxyl groups excluding tert-OH is 1. The summed E-state index contributed by atoms with van der Waals surface area (Å²) in [6, 6.07) is 9.26. The zero-order valence-electron chi connectivity index (χ0n) is 16.7. The number of β-amino-alcohol motifs (C(OH)–C–C–N with tert-alkyl or cyclic N) is 1. The molecule has 3 nitrogen and oxygen atoms in total. The fourth-order valence-corrected chi connectivity index (χ4v) is 6.22. The number of hydrogen-bond donors (Lipinski definition) is 1. The number of aliphatic hydroxyl groups is 1. The molecular formula is C23H35NO2. The number of nitrogens with zero attached hydrogens (tertiary/aromatic N) is 1. The van der Waals surface area contributed by atoms with Gasteiger partial charge in [-0.15, -0.1) is 0 Å². The van der Waals surface area contributed by atoms with Gasteiger partial charge in [0.15, 0.2) is 0 Å². The second-order valence-electron chi connectivity index (χ2n) is 10.2. The monoisotopic (exact) mass is 357 g/mol. The molecule has 2 bridgehead atoms. The normalized spacial score (nSPS) is 34.5. The predicted molar refractivity (Wildman–Crippen MR) is 105 cm³/mol. The Bertz CT molecular complexity index is 643. The summed E-state index contributed by atoms with van der Waals surface area (Å²) in [5.74, 6) is 0. The maximum absolute atomic E-state index is 10.7. The number of hydrogen-bond acceptors (Lipinski definition) is 3. The molecule has 1 heterocycles. The van der Waals surface area contributed by atoms with Gasteiger partial charge < -0.3 is 9.84 Å². The zero-order valence-corrected chi connectivity index (χ0v) is 16.7. The van der Waals surface area contributed by atoms with E-state index < -0.39 is 6.10 Å². The third-order valence-electron chi connectivity index (χ3n) is 6.77. The second kappa shape index (κ2) is 6.92. The highest BCUT2D eigenvalue weighted by Crippen LogP contribution is 2.52. The average molecular weight is 358 g/mol. The van der Waals surface area contributed by atoms with E-state index in [1.54, 1.807) is 0 Å². The van der Waals surface area contributed by atoms with Gasteiger partial charge in [0.25, 0.3) is 0 Å². The first kappa shape index (κ1) is 18.5. The molecule has 1 aromatic rings. The zero-order chi connectivity index (χ0) is 18.4. The summed E-state index contributed by atoms with van der Waals surface area (Å²) in [7, 11) is 0. The average Bonchev–Trinajstić information content (AvgIpc) is 2.81. The van der Waals surface area contributed by atoms with Crippen LogP contribution in [0.1, 0.15) is 70.1 Å². The molecule has 0 amide bonds. The lowest BCUT2D eigenvalue weighted by atomic mass is 9.65. The summed E-state index contributed by atoms with van der Waals surface area (Å²) < 4.78 is 6.18. The molecule has 4 atom stereocenters. The number of likely N-dealkylation sites (tertiary alicyclic amines) is 1. The SMILES string of the molecule is CC1(C)C[C@H]2C[C@@](C)(CN2C[C@H](O)CO[C@H]2CCCc3ccccc32)C1. The lowest BCUT2D eigenvalue weighted by Gasteiger charge is -2.40. The van der Waals surface area contributed by atoms with E-state index >= 15 is 0 Å². The van der Waals surface area contributed by atoms with E-state index in [1.165, 1.54) is 36.8 Å². The molecule has 1 saturated heterocycles. The van der Waals surface area contributed by atoms with Gasteiger partial charge in [0.2, 0.25) is 0 Å². The first-order valence-corrected chi connectivity index (χ1v) is 10.5. The summed E-state index contributed by atoms with van der Waals surface area (Å²) in [4.78, 5) is 2.54. The van der Waals surface area contributed by atoms with E-state index in [9.17, 15) is 5.11 Å². The minimum atomic E-state index is -0.393. The van der Waals surface area contributed by atoms with Gasteiger partial charge in [-0.3, -0.25) is 4.90 Å². The molecule has 144 valence electrons. The lowest BCUT2D eigenvalue weighted by molar-refractivity contribution is -0.0301. The molecule has 4 rings (SSSR count). The van der Waals surface area contributed by atoms with Gasteiger partial charge in [-0.1, -0.05) is 45.0 Å². The number of ether oxygens (including phenoxy) is 1. The molecule has 0 aromatic heterocycles. The Morgan fingerprint density at radius 1 is 1.23 bits per heavy atom. The van der Waals surface area contributed by atoms with Crippen LogP contribution in [0.15, 0.2) is 24.3 Å². The fourth-order valence-electron chi connectivity index (χ4n) is 6.22. The van der Waals surface area contributed by atoms with Gasteiger partial charge in [-0.2, -0.15) is 0 Å². The number of aryl methyl sites for hydroxylation is 1. The molecule has 2 aliphatic carbocycles. The van der Waals surface area contributed by atoms with E-state index in [-0.39, 0.29) is 6.10 Å². The van der Waals surface area contributed by atoms with Crippen molar-refractivity contribution in [3.05, 3.63) is 35.4 Å². The van der Waals surface area contributed by atoms with Crippen LogP contribution in [0.2, 0.25) is 0 Å². The highest BCUT2D eigenvalue weighted by Gasteiger charge is 2.49. The van der Waals surface area contributed by atoms with E-state index in [2.05, 4.69) is 49.9 Å². The molecule has 3 aliphatic rings. The van der Waals surface area contributed by atoms with E-state index in [4.69, 9.17) is 4.74 Å². The van der Waals surface area contributed by atoms with Crippen LogP contribution in [0.4, 0.5) is 0 Å². The third-order valence-corrected chi connectivity index (χ3v) is 6.77. The van der Waals surface area contributed by atoms with Gasteiger partial charge >= 0.3 is 0 Å². The number of fused-ring (bicyclic) bond motifs is 3. The van der Waals surface area contributed by atoms with Crippen molar-refractivity contribution in [1.82, 2.24) is 4.90 Å². The smallest absolute Gasteiger partial charge is 0.0900 e. The highest BCUT2D eigenvalue weighted by molar-refractivity contribution is 5.31. The quantitative estimate of drug-likeness (QED) is 0.851. The highest BCUT2D eigenvalue weighted by atomic mass is 16.5. The van der Waals surface area contributed by atoms with Crippen LogP contribution < -0.4 is 0 Å². The summed E-state index contributed by atoms with van der Waals surface area (Å²) in [5, 5.41) is 10.7. The molecule has 0 spiro atoms. The summed E-state index contributed by atoms with van der Waals surface area (Å²) in [5.41, 5.74) is 3.61. The second-order valence-corrected chi connectivity index (χ2v) is 10.2. The van der Waals surface area contributed by atoms with Gasteiger partial charge in [0, 0.05) is 19.1 Å². The Balaban J connectivity index is 1.32. The van der Waals surface area contributed by atoms with Crippen molar-refractivity contribution in [2.45, 2.75) is 77.5 Å². The molecule has 3 heteroatoms. The number of rotatable bonds is 5. The maximum atomic E-state index is 10.7. The van der Waals surface area contributed by atoms with Crippen LogP contribution in [0.3, 0.4) is 0 Å². The third kappa shape index (κ3) is 3.85. The van der Waals surface area contributed by atoms with E-state index in [1.807, 2.05) is 0 Å². The minimum Gasteiger partial charge on any atom is -0.389 e. The van der Waals surface area contributed by atoms with Crippen molar-refractivity contribution in [2.24, 2.45) is 10.8 Å². The van der Waals surface area contributed by atoms with Crippen molar-refractivity contribution in [1.29, 1.82) is 0 Å². The first-order chi connectivity index (χ1) is 12.3. The fraction of sp³-hybridized carbons (Fsp3) is 0.739. The molecule has 1 aromatic carbocycles. The summed E-state index contributed by atoms with van der Waals surface area (Å²) >= 11 is 0. The molecule has 1 aliphatic heterocycles. The largest absolute Gasteiger partial charge is 0.389 e. The Labute approximate surface area is 158 Å². The molecular weight excluding hydrogens is 322 g/mol. The van der Waals surface area contributed by atoms with Crippen LogP contribution in [-0.4, -0.2) is 41.8 Å². The molecule has 26 heavy (non-hydrogen) atoms. The topological polar surface area (TPSA) is 32.7 Å². The first-order valence-electron chi connectivity index (χ1n) is 10.5.